The molecule has 0 fully saturated rings. The van der Waals surface area contributed by atoms with Crippen molar-refractivity contribution in [3.8, 4) is 6.07 Å². The molecular formula is C20H13N3O2S. The molecule has 0 aliphatic rings. The van der Waals surface area contributed by atoms with Crippen molar-refractivity contribution in [3.05, 3.63) is 81.6 Å². The molecule has 5 nitrogen and oxygen atoms in total. The number of rotatable bonds is 2. The highest BCUT2D eigenvalue weighted by molar-refractivity contribution is 7.24. The lowest BCUT2D eigenvalue weighted by Crippen LogP contribution is -2.22. The Morgan fingerprint density at radius 3 is 2.73 bits per heavy atom. The number of thiazole rings is 1. The Morgan fingerprint density at radius 1 is 1.15 bits per heavy atom. The van der Waals surface area contributed by atoms with Gasteiger partial charge in [0.1, 0.15) is 16.6 Å². The standard InChI is InChI=1S/C20H13N3O2S/c1-12-5-4-6-13(9-12)18(24)22-15-10-14(11-21)20-23(19(15)25)16-7-2-3-8-17(16)26-20/h2-10H,1H3,(H,22,24). The van der Waals surface area contributed by atoms with E-state index in [0.717, 1.165) is 15.8 Å². The molecule has 0 saturated heterocycles. The van der Waals surface area contributed by atoms with E-state index in [1.54, 1.807) is 18.2 Å². The number of carbonyl (C=O) groups excluding carboxylic acids is 1. The van der Waals surface area contributed by atoms with E-state index in [1.165, 1.54) is 21.8 Å². The van der Waals surface area contributed by atoms with E-state index >= 15 is 0 Å². The van der Waals surface area contributed by atoms with Crippen LogP contribution in [-0.4, -0.2) is 10.3 Å². The SMILES string of the molecule is Cc1cccc(C(=O)Nc2cc(C#N)c3sc4ccccc4n3c2=O)c1. The van der Waals surface area contributed by atoms with Crippen molar-refractivity contribution in [3.63, 3.8) is 0 Å². The number of benzene rings is 2. The minimum Gasteiger partial charge on any atom is -0.317 e. The normalized spacial score (nSPS) is 10.8. The van der Waals surface area contributed by atoms with Gasteiger partial charge in [-0.1, -0.05) is 29.8 Å². The first kappa shape index (κ1) is 16.1. The first-order valence-corrected chi connectivity index (χ1v) is 8.75. The number of para-hydroxylation sites is 1. The zero-order valence-electron chi connectivity index (χ0n) is 13.8. The largest absolute Gasteiger partial charge is 0.317 e. The van der Waals surface area contributed by atoms with Crippen molar-refractivity contribution >= 4 is 38.0 Å². The van der Waals surface area contributed by atoms with Crippen LogP contribution in [0.4, 0.5) is 5.69 Å². The number of pyridine rings is 1. The van der Waals surface area contributed by atoms with E-state index in [1.807, 2.05) is 37.3 Å². The van der Waals surface area contributed by atoms with E-state index in [0.29, 0.717) is 16.0 Å². The number of nitrogens with zero attached hydrogens (tertiary/aromatic N) is 2. The van der Waals surface area contributed by atoms with Gasteiger partial charge in [0.25, 0.3) is 11.5 Å². The van der Waals surface area contributed by atoms with E-state index in [2.05, 4.69) is 11.4 Å². The third kappa shape index (κ3) is 2.55. The van der Waals surface area contributed by atoms with Gasteiger partial charge < -0.3 is 5.32 Å². The van der Waals surface area contributed by atoms with Gasteiger partial charge in [-0.15, -0.1) is 11.3 Å². The van der Waals surface area contributed by atoms with Gasteiger partial charge in [-0.25, -0.2) is 0 Å². The summed E-state index contributed by atoms with van der Waals surface area (Å²) in [6, 6.07) is 18.1. The molecule has 1 N–H and O–H groups in total. The molecule has 26 heavy (non-hydrogen) atoms. The number of hydrogen-bond acceptors (Lipinski definition) is 4. The number of aryl methyl sites for hydroxylation is 1. The van der Waals surface area contributed by atoms with Gasteiger partial charge in [-0.05, 0) is 37.3 Å². The Kier molecular flexibility index (Phi) is 3.79. The van der Waals surface area contributed by atoms with Crippen LogP contribution in [0, 0.1) is 18.3 Å². The fourth-order valence-electron chi connectivity index (χ4n) is 2.90. The molecule has 0 saturated carbocycles. The summed E-state index contributed by atoms with van der Waals surface area (Å²) in [6.07, 6.45) is 0. The second-order valence-corrected chi connectivity index (χ2v) is 6.95. The minimum absolute atomic E-state index is 0.0918. The second kappa shape index (κ2) is 6.14. The number of anilines is 1. The van der Waals surface area contributed by atoms with Gasteiger partial charge in [-0.2, -0.15) is 5.26 Å². The highest BCUT2D eigenvalue weighted by Crippen LogP contribution is 2.28. The van der Waals surface area contributed by atoms with Crippen LogP contribution >= 0.6 is 11.3 Å². The number of hydrogen-bond donors (Lipinski definition) is 1. The van der Waals surface area contributed by atoms with Crippen molar-refractivity contribution < 1.29 is 4.79 Å². The first-order chi connectivity index (χ1) is 12.6. The predicted octanol–water partition coefficient (Wildman–Crippen LogP) is 3.95. The predicted molar refractivity (Wildman–Crippen MR) is 103 cm³/mol. The highest BCUT2D eigenvalue weighted by Gasteiger charge is 2.16. The highest BCUT2D eigenvalue weighted by atomic mass is 32.1. The van der Waals surface area contributed by atoms with Crippen LogP contribution in [0.2, 0.25) is 0 Å². The lowest BCUT2D eigenvalue weighted by Gasteiger charge is -2.07. The van der Waals surface area contributed by atoms with Crippen molar-refractivity contribution in [2.75, 3.05) is 5.32 Å². The number of fused-ring (bicyclic) bond motifs is 3. The van der Waals surface area contributed by atoms with Crippen LogP contribution in [0.15, 0.2) is 59.4 Å². The van der Waals surface area contributed by atoms with Crippen molar-refractivity contribution in [1.29, 1.82) is 5.26 Å². The fourth-order valence-corrected chi connectivity index (χ4v) is 4.01. The molecule has 0 atom stereocenters. The molecule has 2 aromatic carbocycles. The molecule has 4 aromatic rings. The summed E-state index contributed by atoms with van der Waals surface area (Å²) >= 11 is 1.38. The van der Waals surface area contributed by atoms with Gasteiger partial charge in [-0.3, -0.25) is 14.0 Å². The molecule has 2 aromatic heterocycles. The van der Waals surface area contributed by atoms with Crippen molar-refractivity contribution in [1.82, 2.24) is 4.40 Å². The molecule has 6 heteroatoms. The molecule has 0 unspecified atom stereocenters. The fraction of sp³-hybridized carbons (Fsp3) is 0.0500. The Morgan fingerprint density at radius 2 is 1.96 bits per heavy atom. The summed E-state index contributed by atoms with van der Waals surface area (Å²) in [4.78, 5) is 26.0. The third-order valence-electron chi connectivity index (χ3n) is 4.12. The van der Waals surface area contributed by atoms with Crippen LogP contribution in [0.25, 0.3) is 15.0 Å². The Balaban J connectivity index is 1.89. The average molecular weight is 359 g/mol. The van der Waals surface area contributed by atoms with Crippen molar-refractivity contribution in [2.24, 2.45) is 0 Å². The Hall–Kier alpha value is -3.43. The topological polar surface area (TPSA) is 74.4 Å². The second-order valence-electron chi connectivity index (χ2n) is 5.92. The van der Waals surface area contributed by atoms with Crippen molar-refractivity contribution in [2.45, 2.75) is 6.92 Å². The van der Waals surface area contributed by atoms with Gasteiger partial charge in [0.05, 0.1) is 15.8 Å². The van der Waals surface area contributed by atoms with Crippen LogP contribution < -0.4 is 10.9 Å². The molecule has 2 heterocycles. The minimum atomic E-state index is -0.380. The third-order valence-corrected chi connectivity index (χ3v) is 5.28. The van der Waals surface area contributed by atoms with E-state index < -0.39 is 0 Å². The van der Waals surface area contributed by atoms with Gasteiger partial charge in [0.2, 0.25) is 0 Å². The maximum atomic E-state index is 13.0. The summed E-state index contributed by atoms with van der Waals surface area (Å²) in [5.74, 6) is -0.380. The zero-order valence-corrected chi connectivity index (χ0v) is 14.6. The van der Waals surface area contributed by atoms with Crippen LogP contribution in [0.1, 0.15) is 21.5 Å². The summed E-state index contributed by atoms with van der Waals surface area (Å²) in [5, 5.41) is 12.1. The molecule has 0 spiro atoms. The summed E-state index contributed by atoms with van der Waals surface area (Å²) in [6.45, 7) is 1.89. The number of nitriles is 1. The maximum absolute atomic E-state index is 13.0. The molecule has 0 radical (unpaired) electrons. The summed E-state index contributed by atoms with van der Waals surface area (Å²) in [5.41, 5.74) is 2.23. The van der Waals surface area contributed by atoms with Crippen LogP contribution in [0.5, 0.6) is 0 Å². The lowest BCUT2D eigenvalue weighted by molar-refractivity contribution is 0.102. The van der Waals surface area contributed by atoms with Gasteiger partial charge in [0, 0.05) is 5.56 Å². The number of aromatic nitrogens is 1. The quantitative estimate of drug-likeness (QED) is 0.589. The Bertz CT molecular complexity index is 1280. The molecule has 0 bridgehead atoms. The summed E-state index contributed by atoms with van der Waals surface area (Å²) in [7, 11) is 0. The first-order valence-electron chi connectivity index (χ1n) is 7.94. The number of carbonyl (C=O) groups is 1. The van der Waals surface area contributed by atoms with Crippen LogP contribution in [-0.2, 0) is 0 Å². The molecular weight excluding hydrogens is 346 g/mol. The van der Waals surface area contributed by atoms with Gasteiger partial charge in [0.15, 0.2) is 0 Å². The number of amides is 1. The maximum Gasteiger partial charge on any atom is 0.280 e. The van der Waals surface area contributed by atoms with Crippen LogP contribution in [0.3, 0.4) is 0 Å². The molecule has 4 rings (SSSR count). The molecule has 0 aliphatic carbocycles. The molecule has 0 aliphatic heterocycles. The van der Waals surface area contributed by atoms with E-state index in [4.69, 9.17) is 0 Å². The molecule has 1 amide bonds. The Labute approximate surface area is 152 Å². The summed E-state index contributed by atoms with van der Waals surface area (Å²) < 4.78 is 2.40. The lowest BCUT2D eigenvalue weighted by atomic mass is 10.1. The smallest absolute Gasteiger partial charge is 0.280 e. The average Bonchev–Trinajstić information content (AvgIpc) is 3.04. The number of nitrogens with one attached hydrogen (secondary N) is 1. The molecule has 126 valence electrons. The zero-order chi connectivity index (χ0) is 18.3. The van der Waals surface area contributed by atoms with E-state index in [9.17, 15) is 14.9 Å². The van der Waals surface area contributed by atoms with E-state index in [-0.39, 0.29) is 17.2 Å². The van der Waals surface area contributed by atoms with Gasteiger partial charge >= 0.3 is 0 Å². The monoisotopic (exact) mass is 359 g/mol.